The van der Waals surface area contributed by atoms with Crippen LogP contribution in [0.1, 0.15) is 41.0 Å². The van der Waals surface area contributed by atoms with E-state index in [0.717, 1.165) is 23.3 Å². The second kappa shape index (κ2) is 10.4. The molecule has 0 spiro atoms. The first kappa shape index (κ1) is 21.6. The Labute approximate surface area is 140 Å². The molecule has 0 aliphatic heterocycles. The van der Waals surface area contributed by atoms with Gasteiger partial charge in [-0.15, -0.1) is 0 Å². The molecule has 0 aromatic rings. The van der Waals surface area contributed by atoms with Gasteiger partial charge in [-0.2, -0.15) is 0 Å². The summed E-state index contributed by atoms with van der Waals surface area (Å²) in [4.78, 5) is 34.8. The fraction of sp³-hybridized carbons (Fsp3) is 0.706. The number of carbonyl (C=O) groups excluding carboxylic acids is 3. The first-order valence-electron chi connectivity index (χ1n) is 8.19. The summed E-state index contributed by atoms with van der Waals surface area (Å²) in [6.07, 6.45) is 2.27. The maximum absolute atomic E-state index is 11.9. The van der Waals surface area contributed by atoms with Crippen LogP contribution in [0.15, 0.2) is 11.3 Å². The second-order valence-corrected chi connectivity index (χ2v) is 11.1. The average molecular weight is 343 g/mol. The molecule has 1 unspecified atom stereocenters. The summed E-state index contributed by atoms with van der Waals surface area (Å²) < 4.78 is 9.81. The monoisotopic (exact) mass is 342 g/mol. The summed E-state index contributed by atoms with van der Waals surface area (Å²) in [7, 11) is -0.480. The van der Waals surface area contributed by atoms with E-state index in [1.165, 1.54) is 21.0 Å². The van der Waals surface area contributed by atoms with Crippen molar-refractivity contribution in [1.29, 1.82) is 0 Å². The topological polar surface area (TPSA) is 69.7 Å². The molecule has 0 bridgehead atoms. The van der Waals surface area contributed by atoms with E-state index in [1.54, 1.807) is 0 Å². The lowest BCUT2D eigenvalue weighted by Gasteiger charge is -2.33. The Morgan fingerprint density at radius 2 is 1.57 bits per heavy atom. The molecule has 0 aliphatic rings. The molecule has 0 saturated heterocycles. The number of hydrogen-bond acceptors (Lipinski definition) is 5. The molecule has 0 rings (SSSR count). The molecule has 5 nitrogen and oxygen atoms in total. The van der Waals surface area contributed by atoms with E-state index < -0.39 is 20.0 Å². The molecular weight excluding hydrogens is 312 g/mol. The fourth-order valence-corrected chi connectivity index (χ4v) is 6.98. The molecular formula is C17H30O5Si. The molecule has 0 heterocycles. The van der Waals surface area contributed by atoms with Crippen LogP contribution in [-0.4, -0.2) is 39.5 Å². The summed E-state index contributed by atoms with van der Waals surface area (Å²) in [5.41, 5.74) is 0. The van der Waals surface area contributed by atoms with E-state index >= 15 is 0 Å². The second-order valence-electron chi connectivity index (χ2n) is 5.76. The lowest BCUT2D eigenvalue weighted by atomic mass is 10.0. The number of Topliss-reactive ketones (excluding diaryl/α,β-unsaturated/α-hetero) is 1. The molecule has 0 radical (unpaired) electrons. The molecule has 132 valence electrons. The number of rotatable bonds is 10. The molecule has 1 atom stereocenters. The normalized spacial score (nSPS) is 13.4. The van der Waals surface area contributed by atoms with Crippen molar-refractivity contribution in [1.82, 2.24) is 0 Å². The molecule has 0 aliphatic carbocycles. The van der Waals surface area contributed by atoms with Gasteiger partial charge in [0.2, 0.25) is 0 Å². The van der Waals surface area contributed by atoms with Crippen LogP contribution < -0.4 is 0 Å². The van der Waals surface area contributed by atoms with E-state index in [1.807, 2.05) is 6.08 Å². The van der Waals surface area contributed by atoms with E-state index in [2.05, 4.69) is 20.8 Å². The van der Waals surface area contributed by atoms with E-state index in [-0.39, 0.29) is 18.4 Å². The Bertz CT molecular complexity index is 444. The number of ether oxygens (including phenoxy) is 2. The van der Waals surface area contributed by atoms with Crippen LogP contribution in [0.2, 0.25) is 18.1 Å². The lowest BCUT2D eigenvalue weighted by Crippen LogP contribution is -2.38. The smallest absolute Gasteiger partial charge is 0.316 e. The van der Waals surface area contributed by atoms with Crippen molar-refractivity contribution in [2.45, 2.75) is 59.2 Å². The molecule has 0 N–H and O–H groups in total. The number of methoxy groups -OCH3 is 1. The zero-order valence-electron chi connectivity index (χ0n) is 15.2. The highest BCUT2D eigenvalue weighted by Gasteiger charge is 2.35. The van der Waals surface area contributed by atoms with Gasteiger partial charge in [-0.25, -0.2) is 0 Å². The maximum Gasteiger partial charge on any atom is 0.316 e. The van der Waals surface area contributed by atoms with Gasteiger partial charge in [0.15, 0.2) is 0 Å². The van der Waals surface area contributed by atoms with Crippen LogP contribution in [0.5, 0.6) is 0 Å². The van der Waals surface area contributed by atoms with Crippen molar-refractivity contribution in [3.63, 3.8) is 0 Å². The summed E-state index contributed by atoms with van der Waals surface area (Å²) >= 11 is 0. The summed E-state index contributed by atoms with van der Waals surface area (Å²) in [5.74, 6) is -1.81. The number of carbonyl (C=O) groups is 3. The standard InChI is InChI=1S/C17H30O5Si/c1-7-23(8-2,9-3)15(10-11-22-14(5)19)12-16(13(4)18)17(20)21-6/h10,16H,7-9,11-12H2,1-6H3/b15-10+. The van der Waals surface area contributed by atoms with Crippen LogP contribution in [0.3, 0.4) is 0 Å². The van der Waals surface area contributed by atoms with Gasteiger partial charge in [0.25, 0.3) is 0 Å². The highest BCUT2D eigenvalue weighted by molar-refractivity contribution is 6.86. The van der Waals surface area contributed by atoms with Gasteiger partial charge in [-0.1, -0.05) is 50.2 Å². The van der Waals surface area contributed by atoms with Gasteiger partial charge >= 0.3 is 11.9 Å². The van der Waals surface area contributed by atoms with E-state index in [9.17, 15) is 14.4 Å². The van der Waals surface area contributed by atoms with Crippen LogP contribution in [0, 0.1) is 5.92 Å². The Balaban J connectivity index is 5.60. The quantitative estimate of drug-likeness (QED) is 0.346. The maximum atomic E-state index is 11.9. The third-order valence-electron chi connectivity index (χ3n) is 4.73. The SMILES string of the molecule is CC[Si](CC)(CC)/C(=C/COC(C)=O)CC(C(C)=O)C(=O)OC. The molecule has 0 saturated carbocycles. The summed E-state index contributed by atoms with van der Waals surface area (Å²) in [6.45, 7) is 9.42. The fourth-order valence-electron chi connectivity index (χ4n) is 2.96. The van der Waals surface area contributed by atoms with Crippen LogP contribution in [0.4, 0.5) is 0 Å². The van der Waals surface area contributed by atoms with E-state index in [0.29, 0.717) is 6.42 Å². The minimum atomic E-state index is -1.78. The van der Waals surface area contributed by atoms with Gasteiger partial charge in [0, 0.05) is 6.92 Å². The molecule has 0 amide bonds. The van der Waals surface area contributed by atoms with Crippen LogP contribution in [-0.2, 0) is 23.9 Å². The minimum Gasteiger partial charge on any atom is -0.468 e. The number of esters is 2. The molecule has 0 aromatic heterocycles. The van der Waals surface area contributed by atoms with Crippen molar-refractivity contribution in [3.05, 3.63) is 11.3 Å². The predicted molar refractivity (Wildman–Crippen MR) is 92.7 cm³/mol. The summed E-state index contributed by atoms with van der Waals surface area (Å²) in [5, 5.41) is 1.12. The van der Waals surface area contributed by atoms with Gasteiger partial charge < -0.3 is 9.47 Å². The summed E-state index contributed by atoms with van der Waals surface area (Å²) in [6, 6.07) is 3.08. The van der Waals surface area contributed by atoms with Crippen LogP contribution in [0.25, 0.3) is 0 Å². The van der Waals surface area contributed by atoms with Crippen molar-refractivity contribution < 1.29 is 23.9 Å². The first-order valence-corrected chi connectivity index (χ1v) is 10.8. The van der Waals surface area contributed by atoms with E-state index in [4.69, 9.17) is 9.47 Å². The predicted octanol–water partition coefficient (Wildman–Crippen LogP) is 3.29. The van der Waals surface area contributed by atoms with Crippen molar-refractivity contribution in [2.75, 3.05) is 13.7 Å². The third-order valence-corrected chi connectivity index (χ3v) is 10.6. The van der Waals surface area contributed by atoms with Crippen molar-refractivity contribution in [3.8, 4) is 0 Å². The minimum absolute atomic E-state index is 0.186. The molecule has 0 fully saturated rings. The zero-order valence-corrected chi connectivity index (χ0v) is 16.2. The number of hydrogen-bond donors (Lipinski definition) is 0. The lowest BCUT2D eigenvalue weighted by molar-refractivity contribution is -0.149. The van der Waals surface area contributed by atoms with Crippen molar-refractivity contribution in [2.24, 2.45) is 5.92 Å². The first-order chi connectivity index (χ1) is 10.8. The van der Waals surface area contributed by atoms with Gasteiger partial charge in [0.1, 0.15) is 18.3 Å². The Morgan fingerprint density at radius 3 is 1.91 bits per heavy atom. The molecule has 0 aromatic carbocycles. The largest absolute Gasteiger partial charge is 0.468 e. The van der Waals surface area contributed by atoms with Crippen molar-refractivity contribution >= 4 is 25.8 Å². The highest BCUT2D eigenvalue weighted by atomic mass is 28.3. The Morgan fingerprint density at radius 1 is 1.04 bits per heavy atom. The Hall–Kier alpha value is -1.43. The van der Waals surface area contributed by atoms with Gasteiger partial charge in [0.05, 0.1) is 15.2 Å². The van der Waals surface area contributed by atoms with Gasteiger partial charge in [-0.3, -0.25) is 14.4 Å². The van der Waals surface area contributed by atoms with Crippen LogP contribution >= 0.6 is 0 Å². The average Bonchev–Trinajstić information content (AvgIpc) is 2.52. The number of allylic oxidation sites excluding steroid dienone is 1. The van der Waals surface area contributed by atoms with Gasteiger partial charge in [-0.05, 0) is 13.3 Å². The highest BCUT2D eigenvalue weighted by Crippen LogP contribution is 2.33. The zero-order chi connectivity index (χ0) is 18.0. The molecule has 6 heteroatoms. The molecule has 23 heavy (non-hydrogen) atoms. The Kier molecular flexibility index (Phi) is 9.72. The number of ketones is 1. The third kappa shape index (κ3) is 6.29.